The van der Waals surface area contributed by atoms with E-state index in [4.69, 9.17) is 9.47 Å². The highest BCUT2D eigenvalue weighted by Crippen LogP contribution is 2.57. The molecule has 1 atom stereocenters. The molecule has 1 saturated carbocycles. The fourth-order valence-electron chi connectivity index (χ4n) is 4.12. The number of benzene rings is 1. The number of hydrogen-bond acceptors (Lipinski definition) is 5. The van der Waals surface area contributed by atoms with E-state index < -0.39 is 17.3 Å². The minimum absolute atomic E-state index is 0.0554. The fourth-order valence-corrected chi connectivity index (χ4v) is 5.49. The maximum atomic E-state index is 15.0. The van der Waals surface area contributed by atoms with E-state index >= 15 is 4.39 Å². The Hall–Kier alpha value is -2.32. The van der Waals surface area contributed by atoms with Gasteiger partial charge in [-0.1, -0.05) is 20.8 Å². The summed E-state index contributed by atoms with van der Waals surface area (Å²) in [4.78, 5) is 25.8. The Morgan fingerprint density at radius 2 is 1.97 bits per heavy atom. The zero-order valence-electron chi connectivity index (χ0n) is 18.7. The number of carboxylic acid groups (broad SMARTS) is 1. The number of halogens is 1. The van der Waals surface area contributed by atoms with Crippen LogP contribution in [-0.2, 0) is 4.74 Å². The lowest BCUT2D eigenvalue weighted by molar-refractivity contribution is 0.0694. The number of carbonyl (C=O) groups is 1. The Kier molecular flexibility index (Phi) is 6.11. The Balaban J connectivity index is 1.91. The minimum atomic E-state index is -1.23. The second-order valence-corrected chi connectivity index (χ2v) is 10.6. The fraction of sp³-hybridized carbons (Fsp3) is 0.500. The third-order valence-corrected chi connectivity index (χ3v) is 7.55. The zero-order chi connectivity index (χ0) is 23.2. The first-order chi connectivity index (χ1) is 15.1. The summed E-state index contributed by atoms with van der Waals surface area (Å²) in [5.74, 6) is -1.56. The number of thioether (sulfide) groups is 1. The summed E-state index contributed by atoms with van der Waals surface area (Å²) in [5.41, 5.74) is 1.05. The number of rotatable bonds is 7. The second-order valence-electron chi connectivity index (χ2n) is 9.41. The van der Waals surface area contributed by atoms with Gasteiger partial charge < -0.3 is 19.1 Å². The van der Waals surface area contributed by atoms with Gasteiger partial charge in [0.05, 0.1) is 12.3 Å². The Bertz CT molecular complexity index is 1120. The topological polar surface area (TPSA) is 77.8 Å². The summed E-state index contributed by atoms with van der Waals surface area (Å²) in [6.07, 6.45) is 2.26. The molecule has 0 amide bonds. The normalized spacial score (nSPS) is 17.6. The molecule has 0 radical (unpaired) electrons. The molecular weight excluding hydrogens is 433 g/mol. The number of hydrogen-bond donors (Lipinski definition) is 1. The van der Waals surface area contributed by atoms with Gasteiger partial charge in [-0.05, 0) is 42.0 Å². The van der Waals surface area contributed by atoms with E-state index in [1.54, 1.807) is 29.5 Å². The van der Waals surface area contributed by atoms with E-state index in [0.29, 0.717) is 30.9 Å². The first-order valence-corrected chi connectivity index (χ1v) is 11.7. The van der Waals surface area contributed by atoms with E-state index in [1.165, 1.54) is 12.1 Å². The van der Waals surface area contributed by atoms with Crippen LogP contribution in [0.25, 0.3) is 11.3 Å². The van der Waals surface area contributed by atoms with Crippen LogP contribution in [0.1, 0.15) is 67.2 Å². The monoisotopic (exact) mass is 461 g/mol. The van der Waals surface area contributed by atoms with E-state index in [-0.39, 0.29) is 28.0 Å². The van der Waals surface area contributed by atoms with Crippen molar-refractivity contribution in [1.82, 2.24) is 4.57 Å². The molecule has 4 rings (SSSR count). The van der Waals surface area contributed by atoms with Crippen molar-refractivity contribution in [3.8, 4) is 17.0 Å². The number of carboxylic acids is 1. The van der Waals surface area contributed by atoms with Gasteiger partial charge in [0.2, 0.25) is 0 Å². The first-order valence-electron chi connectivity index (χ1n) is 10.8. The minimum Gasteiger partial charge on any atom is -0.490 e. The molecule has 172 valence electrons. The molecule has 32 heavy (non-hydrogen) atoms. The first kappa shape index (κ1) is 22.9. The van der Waals surface area contributed by atoms with Crippen molar-refractivity contribution in [3.63, 3.8) is 0 Å². The molecule has 2 aromatic rings. The number of aromatic carboxylic acids is 1. The standard InChI is InChI=1S/C24H28FNO5S/c1-24(2,3)21-15-10-16(23(28)29)22(27)26(13-6-7-13)20(15)14-11-17(25)18(12-19(14)32-21)31-9-5-8-30-4/h10-13,21H,5-9H2,1-4H3,(H,28,29). The third-order valence-electron chi connectivity index (χ3n) is 5.76. The van der Waals surface area contributed by atoms with Gasteiger partial charge in [-0.3, -0.25) is 4.79 Å². The zero-order valence-corrected chi connectivity index (χ0v) is 19.6. The lowest BCUT2D eigenvalue weighted by Gasteiger charge is -2.37. The van der Waals surface area contributed by atoms with Crippen molar-refractivity contribution in [2.24, 2.45) is 5.41 Å². The van der Waals surface area contributed by atoms with Gasteiger partial charge in [0, 0.05) is 41.9 Å². The number of nitrogens with zero attached hydrogens (tertiary/aromatic N) is 1. The summed E-state index contributed by atoms with van der Waals surface area (Å²) in [7, 11) is 1.61. The molecule has 1 fully saturated rings. The van der Waals surface area contributed by atoms with Gasteiger partial charge in [-0.2, -0.15) is 0 Å². The summed E-state index contributed by atoms with van der Waals surface area (Å²) in [6.45, 7) is 7.11. The number of ether oxygens (including phenoxy) is 2. The van der Waals surface area contributed by atoms with Crippen LogP contribution in [0.4, 0.5) is 4.39 Å². The molecule has 0 saturated heterocycles. The molecule has 1 aromatic heterocycles. The summed E-state index contributed by atoms with van der Waals surface area (Å²) < 4.78 is 27.3. The van der Waals surface area contributed by atoms with Crippen LogP contribution in [0.3, 0.4) is 0 Å². The molecule has 1 aromatic carbocycles. The maximum absolute atomic E-state index is 15.0. The van der Waals surface area contributed by atoms with Crippen LogP contribution in [0, 0.1) is 11.2 Å². The molecule has 6 nitrogen and oxygen atoms in total. The Morgan fingerprint density at radius 3 is 2.56 bits per heavy atom. The van der Waals surface area contributed by atoms with Crippen LogP contribution >= 0.6 is 11.8 Å². The smallest absolute Gasteiger partial charge is 0.341 e. The predicted octanol–water partition coefficient (Wildman–Crippen LogP) is 5.30. The quantitative estimate of drug-likeness (QED) is 0.564. The van der Waals surface area contributed by atoms with Gasteiger partial charge in [0.15, 0.2) is 11.6 Å². The maximum Gasteiger partial charge on any atom is 0.341 e. The van der Waals surface area contributed by atoms with Gasteiger partial charge in [0.25, 0.3) is 5.56 Å². The molecule has 8 heteroatoms. The van der Waals surface area contributed by atoms with Crippen molar-refractivity contribution >= 4 is 17.7 Å². The molecular formula is C24H28FNO5S. The van der Waals surface area contributed by atoms with Crippen LogP contribution in [0.15, 0.2) is 27.9 Å². The highest BCUT2D eigenvalue weighted by Gasteiger charge is 2.40. The highest BCUT2D eigenvalue weighted by molar-refractivity contribution is 7.99. The molecule has 2 heterocycles. The molecule has 1 aliphatic carbocycles. The summed E-state index contributed by atoms with van der Waals surface area (Å²) in [6, 6.07) is 4.57. The molecule has 1 unspecified atom stereocenters. The van der Waals surface area contributed by atoms with Crippen molar-refractivity contribution in [1.29, 1.82) is 0 Å². The van der Waals surface area contributed by atoms with Crippen LogP contribution in [0.5, 0.6) is 5.75 Å². The molecule has 1 N–H and O–H groups in total. The average Bonchev–Trinajstić information content (AvgIpc) is 3.54. The van der Waals surface area contributed by atoms with E-state index in [9.17, 15) is 14.7 Å². The number of fused-ring (bicyclic) bond motifs is 3. The predicted molar refractivity (Wildman–Crippen MR) is 121 cm³/mol. The summed E-state index contributed by atoms with van der Waals surface area (Å²) >= 11 is 1.56. The van der Waals surface area contributed by atoms with Crippen molar-refractivity contribution in [3.05, 3.63) is 45.5 Å². The van der Waals surface area contributed by atoms with Crippen LogP contribution < -0.4 is 10.3 Å². The van der Waals surface area contributed by atoms with Gasteiger partial charge in [0.1, 0.15) is 5.56 Å². The lowest BCUT2D eigenvalue weighted by Crippen LogP contribution is -2.31. The second kappa shape index (κ2) is 8.56. The van der Waals surface area contributed by atoms with Gasteiger partial charge >= 0.3 is 5.97 Å². The van der Waals surface area contributed by atoms with Gasteiger partial charge in [-0.15, -0.1) is 11.8 Å². The lowest BCUT2D eigenvalue weighted by atomic mass is 9.84. The van der Waals surface area contributed by atoms with Crippen LogP contribution in [-0.4, -0.2) is 36.0 Å². The molecule has 0 bridgehead atoms. The highest BCUT2D eigenvalue weighted by atomic mass is 32.2. The number of pyridine rings is 1. The van der Waals surface area contributed by atoms with E-state index in [0.717, 1.165) is 23.3 Å². The van der Waals surface area contributed by atoms with Crippen molar-refractivity contribution < 1.29 is 23.8 Å². The number of aromatic nitrogens is 1. The summed E-state index contributed by atoms with van der Waals surface area (Å²) in [5, 5.41) is 9.56. The Labute approximate surface area is 190 Å². The van der Waals surface area contributed by atoms with Crippen molar-refractivity contribution in [2.45, 2.75) is 56.2 Å². The molecule has 1 aliphatic heterocycles. The average molecular weight is 462 g/mol. The largest absolute Gasteiger partial charge is 0.490 e. The molecule has 2 aliphatic rings. The van der Waals surface area contributed by atoms with Crippen LogP contribution in [0.2, 0.25) is 0 Å². The third kappa shape index (κ3) is 4.18. The van der Waals surface area contributed by atoms with Crippen molar-refractivity contribution in [2.75, 3.05) is 20.3 Å². The number of methoxy groups -OCH3 is 1. The Morgan fingerprint density at radius 1 is 1.25 bits per heavy atom. The van der Waals surface area contributed by atoms with Gasteiger partial charge in [-0.25, -0.2) is 9.18 Å². The molecule has 0 spiro atoms. The SMILES string of the molecule is COCCCOc1cc2c(cc1F)-c1c(cc(C(=O)O)c(=O)n1C1CC1)C(C(C)(C)C)S2. The van der Waals surface area contributed by atoms with E-state index in [2.05, 4.69) is 20.8 Å². The van der Waals surface area contributed by atoms with E-state index in [1.807, 2.05) is 0 Å².